The van der Waals surface area contributed by atoms with Crippen molar-refractivity contribution in [1.29, 1.82) is 0 Å². The lowest BCUT2D eigenvalue weighted by Crippen LogP contribution is -2.52. The van der Waals surface area contributed by atoms with Gasteiger partial charge in [0.2, 0.25) is 5.91 Å². The number of ketones is 1. The number of aromatic nitrogens is 1. The van der Waals surface area contributed by atoms with E-state index < -0.39 is 0 Å². The average Bonchev–Trinajstić information content (AvgIpc) is 3.24. The summed E-state index contributed by atoms with van der Waals surface area (Å²) >= 11 is 1.80. The summed E-state index contributed by atoms with van der Waals surface area (Å²) in [7, 11) is 0. The number of carbonyl (C=O) groups is 2. The first kappa shape index (κ1) is 21.9. The summed E-state index contributed by atoms with van der Waals surface area (Å²) in [6.45, 7) is 8.52. The predicted octanol–water partition coefficient (Wildman–Crippen LogP) is 4.37. The number of anilines is 2. The molecule has 6 nitrogen and oxygen atoms in total. The highest BCUT2D eigenvalue weighted by Crippen LogP contribution is 2.33. The first-order chi connectivity index (χ1) is 16.0. The first-order valence-electron chi connectivity index (χ1n) is 11.7. The van der Waals surface area contributed by atoms with Crippen LogP contribution in [-0.4, -0.2) is 60.8 Å². The first-order valence-corrected chi connectivity index (χ1v) is 12.6. The molecule has 2 aliphatic heterocycles. The molecular formula is C26H30N4O2S. The molecule has 0 N–H and O–H groups in total. The Balaban J connectivity index is 1.22. The molecule has 1 amide bonds. The van der Waals surface area contributed by atoms with Gasteiger partial charge in [0.05, 0.1) is 5.92 Å². The maximum absolute atomic E-state index is 13.4. The number of carbonyl (C=O) groups excluding carboxylic acids is 2. The lowest BCUT2D eigenvalue weighted by atomic mass is 9.96. The second-order valence-electron chi connectivity index (χ2n) is 9.10. The molecule has 0 radical (unpaired) electrons. The fourth-order valence-electron chi connectivity index (χ4n) is 5.05. The van der Waals surface area contributed by atoms with Crippen molar-refractivity contribution in [1.82, 2.24) is 9.88 Å². The van der Waals surface area contributed by atoms with Gasteiger partial charge in [0.25, 0.3) is 0 Å². The molecule has 1 aromatic carbocycles. The molecule has 0 saturated carbocycles. The quantitative estimate of drug-likeness (QED) is 0.539. The molecule has 1 atom stereocenters. The summed E-state index contributed by atoms with van der Waals surface area (Å²) in [5.74, 6) is 1.41. The number of piperazine rings is 1. The maximum atomic E-state index is 13.4. The van der Waals surface area contributed by atoms with E-state index in [0.29, 0.717) is 0 Å². The number of Topliss-reactive ketones (excluding diaryl/α,β-unsaturated/α-hetero) is 1. The lowest BCUT2D eigenvalue weighted by molar-refractivity contribution is -0.136. The van der Waals surface area contributed by atoms with Crippen LogP contribution in [0.15, 0.2) is 42.6 Å². The topological polar surface area (TPSA) is 56.8 Å². The van der Waals surface area contributed by atoms with E-state index in [0.717, 1.165) is 69.2 Å². The Morgan fingerprint density at radius 2 is 1.76 bits per heavy atom. The molecule has 2 saturated heterocycles. The molecule has 33 heavy (non-hydrogen) atoms. The molecule has 2 aliphatic rings. The van der Waals surface area contributed by atoms with Crippen LogP contribution in [0.5, 0.6) is 0 Å². The van der Waals surface area contributed by atoms with Crippen LogP contribution in [0.2, 0.25) is 0 Å². The third kappa shape index (κ3) is 4.47. The normalized spacial score (nSPS) is 19.2. The second-order valence-corrected chi connectivity index (χ2v) is 10.4. The highest BCUT2D eigenvalue weighted by molar-refractivity contribution is 7.19. The average molecular weight is 463 g/mol. The van der Waals surface area contributed by atoms with Crippen LogP contribution in [0.25, 0.3) is 10.1 Å². The van der Waals surface area contributed by atoms with Crippen molar-refractivity contribution in [2.24, 2.45) is 5.92 Å². The number of thiophene rings is 1. The van der Waals surface area contributed by atoms with Gasteiger partial charge in [0.1, 0.15) is 5.82 Å². The number of piperidine rings is 1. The molecule has 4 heterocycles. The van der Waals surface area contributed by atoms with Crippen LogP contribution >= 0.6 is 11.3 Å². The summed E-state index contributed by atoms with van der Waals surface area (Å²) in [5, 5.41) is 1.21. The van der Waals surface area contributed by atoms with Crippen LogP contribution in [0.1, 0.15) is 35.0 Å². The fourth-order valence-corrected chi connectivity index (χ4v) is 5.96. The molecule has 172 valence electrons. The zero-order chi connectivity index (χ0) is 22.9. The highest BCUT2D eigenvalue weighted by atomic mass is 32.1. The smallest absolute Gasteiger partial charge is 0.227 e. The van der Waals surface area contributed by atoms with Crippen LogP contribution in [-0.2, 0) is 4.79 Å². The molecule has 5 rings (SSSR count). The Morgan fingerprint density at radius 1 is 1.00 bits per heavy atom. The molecule has 7 heteroatoms. The summed E-state index contributed by atoms with van der Waals surface area (Å²) < 4.78 is 1.26. The number of hydrogen-bond donors (Lipinski definition) is 0. The highest BCUT2D eigenvalue weighted by Gasteiger charge is 2.32. The van der Waals surface area contributed by atoms with E-state index in [1.807, 2.05) is 35.4 Å². The van der Waals surface area contributed by atoms with E-state index in [9.17, 15) is 9.59 Å². The van der Waals surface area contributed by atoms with Gasteiger partial charge in [-0.3, -0.25) is 9.59 Å². The monoisotopic (exact) mass is 462 g/mol. The van der Waals surface area contributed by atoms with Gasteiger partial charge in [-0.05, 0) is 63.1 Å². The van der Waals surface area contributed by atoms with E-state index in [2.05, 4.69) is 28.9 Å². The summed E-state index contributed by atoms with van der Waals surface area (Å²) in [4.78, 5) is 37.5. The standard InChI is InChI=1S/C26H30N4O2S/c1-18-16-23-24(33-18)9-10-27-25(23)30-11-3-4-21(17-30)26(32)29-14-12-28(13-15-29)22-7-5-20(6-8-22)19(2)31/h5-10,16,21H,3-4,11-15,17H2,1-2H3/t21-/m1/s1. The molecule has 3 aromatic rings. The van der Waals surface area contributed by atoms with Crippen LogP contribution in [0, 0.1) is 12.8 Å². The third-order valence-corrected chi connectivity index (χ3v) is 7.86. The number of nitrogens with zero attached hydrogens (tertiary/aromatic N) is 4. The minimum Gasteiger partial charge on any atom is -0.368 e. The number of rotatable bonds is 4. The summed E-state index contributed by atoms with van der Waals surface area (Å²) in [6.07, 6.45) is 3.85. The molecule has 2 aromatic heterocycles. The Morgan fingerprint density at radius 3 is 2.48 bits per heavy atom. The number of fused-ring (bicyclic) bond motifs is 1. The van der Waals surface area contributed by atoms with Gasteiger partial charge in [-0.1, -0.05) is 0 Å². The minimum atomic E-state index is 0.0249. The number of pyridine rings is 1. The Kier molecular flexibility index (Phi) is 6.06. The Bertz CT molecular complexity index is 1160. The molecule has 0 aliphatic carbocycles. The van der Waals surface area contributed by atoms with Gasteiger partial charge in [0, 0.05) is 71.7 Å². The van der Waals surface area contributed by atoms with E-state index >= 15 is 0 Å². The van der Waals surface area contributed by atoms with Gasteiger partial charge in [-0.25, -0.2) is 4.98 Å². The number of benzene rings is 1. The minimum absolute atomic E-state index is 0.0249. The SMILES string of the molecule is CC(=O)c1ccc(N2CCN(C(=O)[C@@H]3CCCN(c4nccc5sc(C)cc45)C3)CC2)cc1. The van der Waals surface area contributed by atoms with Gasteiger partial charge in [0.15, 0.2) is 5.78 Å². The Labute approximate surface area is 198 Å². The van der Waals surface area contributed by atoms with E-state index in [1.54, 1.807) is 18.3 Å². The van der Waals surface area contributed by atoms with Crippen molar-refractivity contribution >= 4 is 44.6 Å². The lowest BCUT2D eigenvalue weighted by Gasteiger charge is -2.40. The van der Waals surface area contributed by atoms with Crippen LogP contribution in [0.4, 0.5) is 11.5 Å². The van der Waals surface area contributed by atoms with Gasteiger partial charge in [-0.2, -0.15) is 0 Å². The van der Waals surface area contributed by atoms with Crippen molar-refractivity contribution in [2.75, 3.05) is 49.1 Å². The fraction of sp³-hybridized carbons (Fsp3) is 0.423. The van der Waals surface area contributed by atoms with E-state index in [4.69, 9.17) is 4.98 Å². The number of hydrogen-bond acceptors (Lipinski definition) is 6. The van der Waals surface area contributed by atoms with Crippen molar-refractivity contribution in [3.63, 3.8) is 0 Å². The molecule has 0 spiro atoms. The summed E-state index contributed by atoms with van der Waals surface area (Å²) in [6, 6.07) is 12.1. The maximum Gasteiger partial charge on any atom is 0.227 e. The van der Waals surface area contributed by atoms with Gasteiger partial charge >= 0.3 is 0 Å². The molecular weight excluding hydrogens is 432 g/mol. The second kappa shape index (κ2) is 9.14. The number of amides is 1. The number of aryl methyl sites for hydroxylation is 1. The zero-order valence-electron chi connectivity index (χ0n) is 19.3. The van der Waals surface area contributed by atoms with Crippen LogP contribution in [0.3, 0.4) is 0 Å². The largest absolute Gasteiger partial charge is 0.368 e. The third-order valence-electron chi connectivity index (χ3n) is 6.85. The van der Waals surface area contributed by atoms with Gasteiger partial charge in [-0.15, -0.1) is 11.3 Å². The Hall–Kier alpha value is -2.93. The summed E-state index contributed by atoms with van der Waals surface area (Å²) in [5.41, 5.74) is 1.85. The van der Waals surface area contributed by atoms with Crippen molar-refractivity contribution in [2.45, 2.75) is 26.7 Å². The van der Waals surface area contributed by atoms with Crippen molar-refractivity contribution in [3.8, 4) is 0 Å². The zero-order valence-corrected chi connectivity index (χ0v) is 20.1. The molecule has 0 unspecified atom stereocenters. The van der Waals surface area contributed by atoms with E-state index in [-0.39, 0.29) is 17.6 Å². The van der Waals surface area contributed by atoms with E-state index in [1.165, 1.54) is 15.0 Å². The van der Waals surface area contributed by atoms with Crippen molar-refractivity contribution < 1.29 is 9.59 Å². The molecule has 0 bridgehead atoms. The van der Waals surface area contributed by atoms with Gasteiger partial charge < -0.3 is 14.7 Å². The van der Waals surface area contributed by atoms with Crippen LogP contribution < -0.4 is 9.80 Å². The molecule has 2 fully saturated rings. The van der Waals surface area contributed by atoms with Crippen molar-refractivity contribution in [3.05, 3.63) is 53.0 Å². The predicted molar refractivity (Wildman–Crippen MR) is 135 cm³/mol.